The molecule has 7 heteroatoms. The fourth-order valence-electron chi connectivity index (χ4n) is 1.96. The number of halogens is 3. The molecule has 0 aromatic heterocycles. The highest BCUT2D eigenvalue weighted by molar-refractivity contribution is 5.92. The summed E-state index contributed by atoms with van der Waals surface area (Å²) in [6.45, 7) is -2.09. The molecule has 1 aliphatic rings. The fraction of sp³-hybridized carbons (Fsp3) is 0.462. The molecule has 4 nitrogen and oxygen atoms in total. The molecule has 110 valence electrons. The lowest BCUT2D eigenvalue weighted by atomic mass is 10.0. The third-order valence-electron chi connectivity index (χ3n) is 2.95. The lowest BCUT2D eigenvalue weighted by Crippen LogP contribution is -2.30. The lowest BCUT2D eigenvalue weighted by Gasteiger charge is -2.21. The Hall–Kier alpha value is -1.76. The van der Waals surface area contributed by atoms with E-state index in [2.05, 4.69) is 10.1 Å². The van der Waals surface area contributed by atoms with E-state index in [1.54, 1.807) is 0 Å². The second-order valence-electron chi connectivity index (χ2n) is 4.42. The largest absolute Gasteiger partial charge is 0.435 e. The van der Waals surface area contributed by atoms with Gasteiger partial charge in [-0.05, 0) is 25.0 Å². The van der Waals surface area contributed by atoms with E-state index in [0.717, 1.165) is 12.5 Å². The maximum absolute atomic E-state index is 13.7. The van der Waals surface area contributed by atoms with Gasteiger partial charge in [0.15, 0.2) is 0 Å². The molecule has 0 aliphatic carbocycles. The standard InChI is InChI=1S/C13H14F3NO3/c14-10-6-9(20-13(15)16)3-4-11(10)17-12(18)8-2-1-5-19-7-8/h3-4,6,8,13H,1-2,5,7H2,(H,17,18). The topological polar surface area (TPSA) is 47.6 Å². The molecule has 0 spiro atoms. The highest BCUT2D eigenvalue weighted by atomic mass is 19.3. The van der Waals surface area contributed by atoms with Crippen molar-refractivity contribution < 1.29 is 27.4 Å². The predicted octanol–water partition coefficient (Wildman–Crippen LogP) is 2.79. The molecule has 1 atom stereocenters. The van der Waals surface area contributed by atoms with Crippen LogP contribution in [0.2, 0.25) is 0 Å². The zero-order chi connectivity index (χ0) is 14.5. The van der Waals surface area contributed by atoms with E-state index in [-0.39, 0.29) is 23.3 Å². The zero-order valence-corrected chi connectivity index (χ0v) is 10.6. The number of carbonyl (C=O) groups excluding carboxylic acids is 1. The van der Waals surface area contributed by atoms with E-state index in [1.807, 2.05) is 0 Å². The Bertz CT molecular complexity index is 476. The van der Waals surface area contributed by atoms with Crippen LogP contribution in [-0.2, 0) is 9.53 Å². The number of hydrogen-bond donors (Lipinski definition) is 1. The first kappa shape index (κ1) is 14.6. The van der Waals surface area contributed by atoms with Crippen molar-refractivity contribution in [3.05, 3.63) is 24.0 Å². The molecule has 1 heterocycles. The van der Waals surface area contributed by atoms with E-state index in [9.17, 15) is 18.0 Å². The number of anilines is 1. The van der Waals surface area contributed by atoms with Crippen molar-refractivity contribution in [1.29, 1.82) is 0 Å². The molecule has 1 N–H and O–H groups in total. The minimum absolute atomic E-state index is 0.0674. The average molecular weight is 289 g/mol. The van der Waals surface area contributed by atoms with E-state index in [4.69, 9.17) is 4.74 Å². The summed E-state index contributed by atoms with van der Waals surface area (Å²) in [7, 11) is 0. The van der Waals surface area contributed by atoms with Gasteiger partial charge in [-0.15, -0.1) is 0 Å². The minimum Gasteiger partial charge on any atom is -0.435 e. The van der Waals surface area contributed by atoms with Crippen molar-refractivity contribution in [3.63, 3.8) is 0 Å². The van der Waals surface area contributed by atoms with E-state index in [0.29, 0.717) is 19.6 Å². The number of carbonyl (C=O) groups is 1. The average Bonchev–Trinajstić information content (AvgIpc) is 2.42. The van der Waals surface area contributed by atoms with Crippen LogP contribution < -0.4 is 10.1 Å². The summed E-state index contributed by atoms with van der Waals surface area (Å²) in [5.74, 6) is -1.78. The summed E-state index contributed by atoms with van der Waals surface area (Å²) in [6, 6.07) is 3.16. The normalized spacial score (nSPS) is 18.9. The van der Waals surface area contributed by atoms with E-state index in [1.165, 1.54) is 12.1 Å². The summed E-state index contributed by atoms with van der Waals surface area (Å²) in [4.78, 5) is 11.9. The van der Waals surface area contributed by atoms with Crippen LogP contribution in [0, 0.1) is 11.7 Å². The van der Waals surface area contributed by atoms with Crippen LogP contribution in [0.1, 0.15) is 12.8 Å². The van der Waals surface area contributed by atoms with Gasteiger partial charge in [0.05, 0.1) is 18.2 Å². The molecule has 1 fully saturated rings. The molecule has 0 saturated carbocycles. The first-order valence-electron chi connectivity index (χ1n) is 6.19. The second kappa shape index (κ2) is 6.60. The zero-order valence-electron chi connectivity index (χ0n) is 10.6. The van der Waals surface area contributed by atoms with Crippen molar-refractivity contribution >= 4 is 11.6 Å². The summed E-state index contributed by atoms with van der Waals surface area (Å²) < 4.78 is 46.9. The Morgan fingerprint density at radius 2 is 2.25 bits per heavy atom. The van der Waals surface area contributed by atoms with E-state index >= 15 is 0 Å². The number of hydrogen-bond acceptors (Lipinski definition) is 3. The lowest BCUT2D eigenvalue weighted by molar-refractivity contribution is -0.123. The molecule has 0 radical (unpaired) electrons. The maximum Gasteiger partial charge on any atom is 0.387 e. The summed E-state index contributed by atoms with van der Waals surface area (Å²) in [6.07, 6.45) is 1.46. The minimum atomic E-state index is -3.02. The van der Waals surface area contributed by atoms with Crippen LogP contribution >= 0.6 is 0 Å². The van der Waals surface area contributed by atoms with Gasteiger partial charge in [-0.25, -0.2) is 4.39 Å². The molecule has 1 aliphatic heterocycles. The van der Waals surface area contributed by atoms with Gasteiger partial charge in [-0.2, -0.15) is 8.78 Å². The predicted molar refractivity (Wildman–Crippen MR) is 65.2 cm³/mol. The Kier molecular flexibility index (Phi) is 4.84. The highest BCUT2D eigenvalue weighted by Crippen LogP contribution is 2.23. The van der Waals surface area contributed by atoms with Crippen LogP contribution in [0.5, 0.6) is 5.75 Å². The highest BCUT2D eigenvalue weighted by Gasteiger charge is 2.22. The summed E-state index contributed by atoms with van der Waals surface area (Å²) in [5.41, 5.74) is -0.0674. The maximum atomic E-state index is 13.7. The van der Waals surface area contributed by atoms with Gasteiger partial charge < -0.3 is 14.8 Å². The Morgan fingerprint density at radius 3 is 2.85 bits per heavy atom. The van der Waals surface area contributed by atoms with Crippen LogP contribution in [0.4, 0.5) is 18.9 Å². The first-order chi connectivity index (χ1) is 9.56. The quantitative estimate of drug-likeness (QED) is 0.927. The van der Waals surface area contributed by atoms with Gasteiger partial charge >= 0.3 is 6.61 Å². The van der Waals surface area contributed by atoms with Gasteiger partial charge in [-0.1, -0.05) is 0 Å². The van der Waals surface area contributed by atoms with Crippen LogP contribution in [0.25, 0.3) is 0 Å². The summed E-state index contributed by atoms with van der Waals surface area (Å²) in [5, 5.41) is 2.42. The van der Waals surface area contributed by atoms with Crippen molar-refractivity contribution in [1.82, 2.24) is 0 Å². The third kappa shape index (κ3) is 3.86. The van der Waals surface area contributed by atoms with Crippen molar-refractivity contribution in [2.75, 3.05) is 18.5 Å². The summed E-state index contributed by atoms with van der Waals surface area (Å²) >= 11 is 0. The molecule has 1 aromatic rings. The Labute approximate surface area is 113 Å². The van der Waals surface area contributed by atoms with Gasteiger partial charge in [0, 0.05) is 12.7 Å². The molecule has 1 saturated heterocycles. The smallest absolute Gasteiger partial charge is 0.387 e. The van der Waals surface area contributed by atoms with Crippen molar-refractivity contribution in [2.45, 2.75) is 19.5 Å². The van der Waals surface area contributed by atoms with Gasteiger partial charge in [0.2, 0.25) is 5.91 Å². The Balaban J connectivity index is 2.00. The number of benzene rings is 1. The van der Waals surface area contributed by atoms with Crippen LogP contribution in [0.3, 0.4) is 0 Å². The van der Waals surface area contributed by atoms with Crippen LogP contribution in [0.15, 0.2) is 18.2 Å². The second-order valence-corrected chi connectivity index (χ2v) is 4.42. The van der Waals surface area contributed by atoms with Gasteiger partial charge in [0.25, 0.3) is 0 Å². The molecule has 1 amide bonds. The van der Waals surface area contributed by atoms with E-state index < -0.39 is 12.4 Å². The van der Waals surface area contributed by atoms with Crippen molar-refractivity contribution in [2.24, 2.45) is 5.92 Å². The molecule has 0 bridgehead atoms. The molecule has 1 aromatic carbocycles. The van der Waals surface area contributed by atoms with Gasteiger partial charge in [0.1, 0.15) is 11.6 Å². The molecule has 2 rings (SSSR count). The molecule has 20 heavy (non-hydrogen) atoms. The van der Waals surface area contributed by atoms with Crippen molar-refractivity contribution in [3.8, 4) is 5.75 Å². The molecular formula is C13H14F3NO3. The number of alkyl halides is 2. The molecule has 1 unspecified atom stereocenters. The first-order valence-corrected chi connectivity index (χ1v) is 6.19. The number of amides is 1. The Morgan fingerprint density at radius 1 is 1.45 bits per heavy atom. The monoisotopic (exact) mass is 289 g/mol. The number of ether oxygens (including phenoxy) is 2. The SMILES string of the molecule is O=C(Nc1ccc(OC(F)F)cc1F)C1CCCOC1. The number of rotatable bonds is 4. The third-order valence-corrected chi connectivity index (χ3v) is 2.95. The molecular weight excluding hydrogens is 275 g/mol. The van der Waals surface area contributed by atoms with Crippen LogP contribution in [-0.4, -0.2) is 25.7 Å². The van der Waals surface area contributed by atoms with Gasteiger partial charge in [-0.3, -0.25) is 4.79 Å². The number of nitrogens with one attached hydrogen (secondary N) is 1. The fourth-order valence-corrected chi connectivity index (χ4v) is 1.96.